The Kier molecular flexibility index (Phi) is 5.65. The molecule has 1 aromatic rings. The van der Waals surface area contributed by atoms with Crippen molar-refractivity contribution >= 4 is 28.8 Å². The molecule has 0 spiro atoms. The molecular formula is C10H15ClN2OS. The molecule has 0 atom stereocenters. The highest BCUT2D eigenvalue weighted by atomic mass is 35.5. The number of amides is 1. The van der Waals surface area contributed by atoms with Crippen molar-refractivity contribution in [2.75, 3.05) is 12.4 Å². The number of aromatic nitrogens is 1. The number of nitrogens with one attached hydrogen (secondary N) is 1. The molecule has 1 amide bonds. The molecule has 1 heterocycles. The zero-order valence-electron chi connectivity index (χ0n) is 8.75. The minimum absolute atomic E-state index is 0.0785. The number of rotatable bonds is 6. The Morgan fingerprint density at radius 2 is 2.33 bits per heavy atom. The van der Waals surface area contributed by atoms with Crippen molar-refractivity contribution in [1.82, 2.24) is 10.3 Å². The number of carbonyl (C=O) groups is 1. The van der Waals surface area contributed by atoms with Gasteiger partial charge in [0.2, 0.25) is 0 Å². The average molecular weight is 247 g/mol. The number of aryl methyl sites for hydroxylation is 1. The maximum absolute atomic E-state index is 11.5. The summed E-state index contributed by atoms with van der Waals surface area (Å²) in [5.41, 5.74) is 0.523. The molecule has 0 saturated carbocycles. The predicted molar refractivity (Wildman–Crippen MR) is 63.8 cm³/mol. The highest BCUT2D eigenvalue weighted by molar-refractivity contribution is 7.09. The van der Waals surface area contributed by atoms with E-state index < -0.39 is 0 Å². The fraction of sp³-hybridized carbons (Fsp3) is 0.600. The Morgan fingerprint density at radius 3 is 2.93 bits per heavy atom. The molecule has 1 N–H and O–H groups in total. The lowest BCUT2D eigenvalue weighted by Crippen LogP contribution is -2.24. The molecule has 0 aliphatic rings. The Hall–Kier alpha value is -0.610. The van der Waals surface area contributed by atoms with Crippen LogP contribution in [0.3, 0.4) is 0 Å². The third-order valence-corrected chi connectivity index (χ3v) is 2.99. The van der Waals surface area contributed by atoms with Crippen LogP contribution in [-0.2, 0) is 0 Å². The largest absolute Gasteiger partial charge is 0.351 e. The zero-order chi connectivity index (χ0) is 11.1. The highest BCUT2D eigenvalue weighted by Crippen LogP contribution is 2.07. The fourth-order valence-corrected chi connectivity index (χ4v) is 1.94. The Bertz CT molecular complexity index is 314. The van der Waals surface area contributed by atoms with Gasteiger partial charge < -0.3 is 5.32 Å². The predicted octanol–water partition coefficient (Wildman–Crippen LogP) is 2.59. The topological polar surface area (TPSA) is 42.0 Å². The van der Waals surface area contributed by atoms with Crippen LogP contribution in [0.1, 0.15) is 34.8 Å². The molecule has 1 aromatic heterocycles. The molecule has 0 aliphatic carbocycles. The smallest absolute Gasteiger partial charge is 0.270 e. The average Bonchev–Trinajstić information content (AvgIpc) is 2.64. The molecule has 0 saturated heterocycles. The number of hydrogen-bond donors (Lipinski definition) is 1. The van der Waals surface area contributed by atoms with E-state index in [1.54, 1.807) is 5.38 Å². The molecule has 84 valence electrons. The minimum Gasteiger partial charge on any atom is -0.351 e. The van der Waals surface area contributed by atoms with Gasteiger partial charge in [-0.25, -0.2) is 4.98 Å². The normalized spacial score (nSPS) is 10.3. The van der Waals surface area contributed by atoms with Gasteiger partial charge in [0.15, 0.2) is 0 Å². The van der Waals surface area contributed by atoms with Gasteiger partial charge in [-0.15, -0.1) is 22.9 Å². The second-order valence-corrected chi connectivity index (χ2v) is 4.70. The van der Waals surface area contributed by atoms with E-state index >= 15 is 0 Å². The minimum atomic E-state index is -0.0785. The number of alkyl halides is 1. The van der Waals surface area contributed by atoms with Gasteiger partial charge in [-0.3, -0.25) is 4.79 Å². The van der Waals surface area contributed by atoms with Crippen LogP contribution in [0, 0.1) is 6.92 Å². The van der Waals surface area contributed by atoms with Gasteiger partial charge in [-0.1, -0.05) is 6.42 Å². The van der Waals surface area contributed by atoms with E-state index in [2.05, 4.69) is 10.3 Å². The van der Waals surface area contributed by atoms with E-state index in [0.717, 1.165) is 24.3 Å². The summed E-state index contributed by atoms with van der Waals surface area (Å²) < 4.78 is 0. The fourth-order valence-electron chi connectivity index (χ4n) is 1.16. The van der Waals surface area contributed by atoms with Gasteiger partial charge in [0.25, 0.3) is 5.91 Å². The summed E-state index contributed by atoms with van der Waals surface area (Å²) in [6.07, 6.45) is 3.04. The van der Waals surface area contributed by atoms with Crippen molar-refractivity contribution in [1.29, 1.82) is 0 Å². The maximum atomic E-state index is 11.5. The Morgan fingerprint density at radius 1 is 1.53 bits per heavy atom. The van der Waals surface area contributed by atoms with Crippen LogP contribution in [0.4, 0.5) is 0 Å². The quantitative estimate of drug-likeness (QED) is 0.619. The zero-order valence-corrected chi connectivity index (χ0v) is 10.3. The van der Waals surface area contributed by atoms with E-state index in [1.165, 1.54) is 11.3 Å². The van der Waals surface area contributed by atoms with Gasteiger partial charge in [-0.2, -0.15) is 0 Å². The monoisotopic (exact) mass is 246 g/mol. The lowest BCUT2D eigenvalue weighted by molar-refractivity contribution is 0.0948. The second-order valence-electron chi connectivity index (χ2n) is 3.26. The van der Waals surface area contributed by atoms with E-state index in [1.807, 2.05) is 6.92 Å². The molecule has 0 unspecified atom stereocenters. The summed E-state index contributed by atoms with van der Waals surface area (Å²) in [7, 11) is 0. The second kappa shape index (κ2) is 6.80. The molecule has 0 radical (unpaired) electrons. The van der Waals surface area contributed by atoms with Gasteiger partial charge in [0.1, 0.15) is 5.69 Å². The number of halogens is 1. The summed E-state index contributed by atoms with van der Waals surface area (Å²) in [5.74, 6) is 0.615. The molecule has 15 heavy (non-hydrogen) atoms. The van der Waals surface area contributed by atoms with Crippen LogP contribution in [0.25, 0.3) is 0 Å². The van der Waals surface area contributed by atoms with Crippen LogP contribution >= 0.6 is 22.9 Å². The van der Waals surface area contributed by atoms with Crippen molar-refractivity contribution in [3.63, 3.8) is 0 Å². The standard InChI is InChI=1S/C10H15ClN2OS/c1-8-13-9(7-15-8)10(14)12-6-4-2-3-5-11/h7H,2-6H2,1H3,(H,12,14). The maximum Gasteiger partial charge on any atom is 0.270 e. The summed E-state index contributed by atoms with van der Waals surface area (Å²) in [5, 5.41) is 5.53. The van der Waals surface area contributed by atoms with Crippen molar-refractivity contribution < 1.29 is 4.79 Å². The Labute approximate surface area is 98.9 Å². The van der Waals surface area contributed by atoms with E-state index in [9.17, 15) is 4.79 Å². The summed E-state index contributed by atoms with van der Waals surface area (Å²) in [6, 6.07) is 0. The first kappa shape index (κ1) is 12.5. The van der Waals surface area contributed by atoms with E-state index in [0.29, 0.717) is 18.1 Å². The van der Waals surface area contributed by atoms with Gasteiger partial charge >= 0.3 is 0 Å². The van der Waals surface area contributed by atoms with E-state index in [4.69, 9.17) is 11.6 Å². The molecule has 1 rings (SSSR count). The molecule has 3 nitrogen and oxygen atoms in total. The first-order valence-corrected chi connectivity index (χ1v) is 6.41. The molecule has 0 aromatic carbocycles. The van der Waals surface area contributed by atoms with Crippen LogP contribution in [-0.4, -0.2) is 23.3 Å². The number of hydrogen-bond acceptors (Lipinski definition) is 3. The first-order valence-electron chi connectivity index (χ1n) is 5.00. The lowest BCUT2D eigenvalue weighted by Gasteiger charge is -2.01. The molecule has 0 aliphatic heterocycles. The van der Waals surface area contributed by atoms with Crippen molar-refractivity contribution in [2.45, 2.75) is 26.2 Å². The summed E-state index contributed by atoms with van der Waals surface area (Å²) >= 11 is 7.04. The summed E-state index contributed by atoms with van der Waals surface area (Å²) in [4.78, 5) is 15.6. The molecule has 5 heteroatoms. The molecule has 0 bridgehead atoms. The van der Waals surface area contributed by atoms with Gasteiger partial charge in [0, 0.05) is 17.8 Å². The third kappa shape index (κ3) is 4.62. The third-order valence-electron chi connectivity index (χ3n) is 1.95. The van der Waals surface area contributed by atoms with Crippen molar-refractivity contribution in [3.8, 4) is 0 Å². The lowest BCUT2D eigenvalue weighted by atomic mass is 10.2. The SMILES string of the molecule is Cc1nc(C(=O)NCCCCCCl)cs1. The number of thiazole rings is 1. The van der Waals surface area contributed by atoms with Crippen LogP contribution in [0.5, 0.6) is 0 Å². The molecule has 0 fully saturated rings. The highest BCUT2D eigenvalue weighted by Gasteiger charge is 2.07. The van der Waals surface area contributed by atoms with Crippen molar-refractivity contribution in [3.05, 3.63) is 16.1 Å². The number of unbranched alkanes of at least 4 members (excludes halogenated alkanes) is 2. The Balaban J connectivity index is 2.19. The number of carbonyl (C=O) groups excluding carboxylic acids is 1. The van der Waals surface area contributed by atoms with Gasteiger partial charge in [0.05, 0.1) is 5.01 Å². The van der Waals surface area contributed by atoms with Crippen LogP contribution in [0.2, 0.25) is 0 Å². The first-order chi connectivity index (χ1) is 7.24. The van der Waals surface area contributed by atoms with Crippen LogP contribution in [0.15, 0.2) is 5.38 Å². The van der Waals surface area contributed by atoms with E-state index in [-0.39, 0.29) is 5.91 Å². The van der Waals surface area contributed by atoms with Gasteiger partial charge in [-0.05, 0) is 19.8 Å². The van der Waals surface area contributed by atoms with Crippen LogP contribution < -0.4 is 5.32 Å². The number of nitrogens with zero attached hydrogens (tertiary/aromatic N) is 1. The van der Waals surface area contributed by atoms with Crippen molar-refractivity contribution in [2.24, 2.45) is 0 Å². The molecular weight excluding hydrogens is 232 g/mol. The summed E-state index contributed by atoms with van der Waals surface area (Å²) in [6.45, 7) is 2.59.